The van der Waals surface area contributed by atoms with E-state index in [1.165, 1.54) is 0 Å². The number of ether oxygens (including phenoxy) is 2. The second-order valence-corrected chi connectivity index (χ2v) is 12.4. The van der Waals surface area contributed by atoms with Crippen LogP contribution in [0.25, 0.3) is 0 Å². The Morgan fingerprint density at radius 2 is 1.72 bits per heavy atom. The number of aliphatic hydroxyl groups excluding tert-OH is 3. The fourth-order valence-corrected chi connectivity index (χ4v) is 9.04. The molecule has 5 aliphatic rings. The summed E-state index contributed by atoms with van der Waals surface area (Å²) in [5.41, 5.74) is -0.548. The van der Waals surface area contributed by atoms with Crippen molar-refractivity contribution >= 4 is 0 Å². The highest BCUT2D eigenvalue weighted by molar-refractivity contribution is 5.16. The van der Waals surface area contributed by atoms with Crippen LogP contribution in [0.1, 0.15) is 85.0 Å². The highest BCUT2D eigenvalue weighted by atomic mass is 16.7. The van der Waals surface area contributed by atoms with Gasteiger partial charge in [0.1, 0.15) is 6.10 Å². The maximum absolute atomic E-state index is 12.0. The minimum absolute atomic E-state index is 0.131. The number of aliphatic hydroxyl groups is 4. The van der Waals surface area contributed by atoms with Gasteiger partial charge in [-0.3, -0.25) is 0 Å². The predicted octanol–water partition coefficient (Wildman–Crippen LogP) is 2.99. The Hall–Kier alpha value is -0.240. The molecule has 1 saturated heterocycles. The van der Waals surface area contributed by atoms with Gasteiger partial charge in [0.05, 0.1) is 23.9 Å². The van der Waals surface area contributed by atoms with Gasteiger partial charge in [0.15, 0.2) is 6.29 Å². The van der Waals surface area contributed by atoms with Crippen molar-refractivity contribution in [3.8, 4) is 0 Å². The summed E-state index contributed by atoms with van der Waals surface area (Å²) >= 11 is 0. The molecule has 0 aromatic carbocycles. The van der Waals surface area contributed by atoms with Gasteiger partial charge in [-0.1, -0.05) is 13.8 Å². The zero-order valence-corrected chi connectivity index (χ0v) is 20.1. The Morgan fingerprint density at radius 1 is 0.938 bits per heavy atom. The van der Waals surface area contributed by atoms with Gasteiger partial charge >= 0.3 is 0 Å². The molecule has 3 unspecified atom stereocenters. The molecule has 5 rings (SSSR count). The van der Waals surface area contributed by atoms with Gasteiger partial charge in [0.25, 0.3) is 0 Å². The molecule has 4 aliphatic carbocycles. The largest absolute Gasteiger partial charge is 0.396 e. The lowest BCUT2D eigenvalue weighted by Gasteiger charge is -2.63. The summed E-state index contributed by atoms with van der Waals surface area (Å²) in [6.45, 7) is 6.69. The molecule has 184 valence electrons. The summed E-state index contributed by atoms with van der Waals surface area (Å²) in [6, 6.07) is 0. The van der Waals surface area contributed by atoms with E-state index in [1.54, 1.807) is 6.92 Å². The molecule has 6 heteroatoms. The van der Waals surface area contributed by atoms with E-state index in [0.29, 0.717) is 24.2 Å². The molecule has 32 heavy (non-hydrogen) atoms. The number of hydrogen-bond acceptors (Lipinski definition) is 6. The van der Waals surface area contributed by atoms with E-state index in [9.17, 15) is 20.4 Å². The second kappa shape index (κ2) is 8.17. The number of hydrogen-bond donors (Lipinski definition) is 4. The molecule has 0 aromatic rings. The second-order valence-electron chi connectivity index (χ2n) is 12.4. The van der Waals surface area contributed by atoms with Crippen LogP contribution >= 0.6 is 0 Å². The van der Waals surface area contributed by atoms with Crippen LogP contribution in [0, 0.1) is 34.5 Å². The maximum Gasteiger partial charge on any atom is 0.161 e. The average Bonchev–Trinajstić information content (AvgIpc) is 3.03. The van der Waals surface area contributed by atoms with Crippen LogP contribution < -0.4 is 0 Å². The maximum atomic E-state index is 12.0. The lowest BCUT2D eigenvalue weighted by molar-refractivity contribution is -0.271. The first-order valence-corrected chi connectivity index (χ1v) is 13.1. The van der Waals surface area contributed by atoms with E-state index in [-0.39, 0.29) is 29.5 Å². The normalized spacial score (nSPS) is 58.0. The molecule has 4 N–H and O–H groups in total. The van der Waals surface area contributed by atoms with Crippen LogP contribution in [0.15, 0.2) is 0 Å². The monoisotopic (exact) mass is 452 g/mol. The first-order valence-electron chi connectivity index (χ1n) is 13.1. The molecule has 6 nitrogen and oxygen atoms in total. The van der Waals surface area contributed by atoms with Gasteiger partial charge in [0.2, 0.25) is 0 Å². The molecule has 1 aliphatic heterocycles. The summed E-state index contributed by atoms with van der Waals surface area (Å²) in [5, 5.41) is 42.0. The average molecular weight is 453 g/mol. The van der Waals surface area contributed by atoms with E-state index in [1.807, 2.05) is 0 Å². The lowest BCUT2D eigenvalue weighted by Crippen LogP contribution is -2.62. The third kappa shape index (κ3) is 3.35. The van der Waals surface area contributed by atoms with Crippen LogP contribution in [-0.2, 0) is 9.47 Å². The molecule has 0 bridgehead atoms. The van der Waals surface area contributed by atoms with Crippen LogP contribution in [0.4, 0.5) is 0 Å². The molecule has 1 heterocycles. The van der Waals surface area contributed by atoms with Crippen LogP contribution in [0.2, 0.25) is 0 Å². The van der Waals surface area contributed by atoms with Crippen molar-refractivity contribution in [3.63, 3.8) is 0 Å². The van der Waals surface area contributed by atoms with Crippen molar-refractivity contribution in [2.75, 3.05) is 6.61 Å². The van der Waals surface area contributed by atoms with Crippen molar-refractivity contribution in [2.45, 2.75) is 121 Å². The van der Waals surface area contributed by atoms with E-state index in [0.717, 1.165) is 57.8 Å². The van der Waals surface area contributed by atoms with Crippen molar-refractivity contribution in [3.05, 3.63) is 0 Å². The molecule has 12 atom stereocenters. The van der Waals surface area contributed by atoms with Gasteiger partial charge in [-0.05, 0) is 93.8 Å². The van der Waals surface area contributed by atoms with E-state index in [4.69, 9.17) is 9.47 Å². The van der Waals surface area contributed by atoms with E-state index < -0.39 is 30.2 Å². The Balaban J connectivity index is 1.27. The Kier molecular flexibility index (Phi) is 6.00. The minimum atomic E-state index is -0.844. The van der Waals surface area contributed by atoms with Gasteiger partial charge in [-0.15, -0.1) is 0 Å². The topological polar surface area (TPSA) is 99.4 Å². The Labute approximate surface area is 192 Å². The summed E-state index contributed by atoms with van der Waals surface area (Å²) in [7, 11) is 0. The fourth-order valence-electron chi connectivity index (χ4n) is 9.04. The van der Waals surface area contributed by atoms with Crippen LogP contribution in [0.5, 0.6) is 0 Å². The summed E-state index contributed by atoms with van der Waals surface area (Å²) in [4.78, 5) is 0. The number of rotatable bonds is 3. The van der Waals surface area contributed by atoms with Crippen LogP contribution in [-0.4, -0.2) is 63.3 Å². The van der Waals surface area contributed by atoms with Crippen molar-refractivity contribution in [1.82, 2.24) is 0 Å². The zero-order valence-electron chi connectivity index (χ0n) is 20.1. The van der Waals surface area contributed by atoms with Crippen LogP contribution in [0.3, 0.4) is 0 Å². The first-order chi connectivity index (χ1) is 15.1. The summed E-state index contributed by atoms with van der Waals surface area (Å²) < 4.78 is 12.1. The molecule has 0 amide bonds. The SMILES string of the molecule is CC1O[C@@H](O[C@H]2CC[C@]3(C)C4CC[C@]5(C)[C@@H](CO)CC[C@]5(O)C4CC[C@@H]3C2)C[C@@H](O)[C@@H]1O. The molecule has 0 radical (unpaired) electrons. The zero-order chi connectivity index (χ0) is 22.9. The predicted molar refractivity (Wildman–Crippen MR) is 120 cm³/mol. The fraction of sp³-hybridized carbons (Fsp3) is 1.00. The molecule has 4 saturated carbocycles. The van der Waals surface area contributed by atoms with Gasteiger partial charge in [0, 0.05) is 18.4 Å². The highest BCUT2D eigenvalue weighted by Crippen LogP contribution is 2.69. The summed E-state index contributed by atoms with van der Waals surface area (Å²) in [5.74, 6) is 1.70. The molecular weight excluding hydrogens is 408 g/mol. The molecule has 0 spiro atoms. The molecular formula is C26H44O6. The van der Waals surface area contributed by atoms with Crippen molar-refractivity contribution in [2.24, 2.45) is 34.5 Å². The third-order valence-corrected chi connectivity index (χ3v) is 11.2. The van der Waals surface area contributed by atoms with E-state index >= 15 is 0 Å². The first kappa shape index (κ1) is 23.5. The molecule has 0 aromatic heterocycles. The highest BCUT2D eigenvalue weighted by Gasteiger charge is 2.67. The van der Waals surface area contributed by atoms with Gasteiger partial charge in [-0.2, -0.15) is 0 Å². The third-order valence-electron chi connectivity index (χ3n) is 11.2. The Bertz CT molecular complexity index is 690. The summed E-state index contributed by atoms with van der Waals surface area (Å²) in [6.07, 6.45) is 7.23. The standard InChI is InChI=1S/C26H44O6/c1-15-23(29)21(28)13-22(31-15)32-18-7-9-24(2)16(12-18)4-5-20-19(24)8-10-25(3)17(14-27)6-11-26(20,25)30/h15-23,27-30H,4-14H2,1-3H3/t15?,16-,17-,18+,19?,20?,21-,22+,23-,24+,25-,26+/m1/s1. The van der Waals surface area contributed by atoms with Crippen molar-refractivity contribution < 1.29 is 29.9 Å². The lowest BCUT2D eigenvalue weighted by atomic mass is 9.43. The smallest absolute Gasteiger partial charge is 0.161 e. The number of fused-ring (bicyclic) bond motifs is 5. The molecule has 5 fully saturated rings. The minimum Gasteiger partial charge on any atom is -0.396 e. The Morgan fingerprint density at radius 3 is 2.44 bits per heavy atom. The quantitative estimate of drug-likeness (QED) is 0.492. The van der Waals surface area contributed by atoms with Crippen molar-refractivity contribution in [1.29, 1.82) is 0 Å². The van der Waals surface area contributed by atoms with Gasteiger partial charge < -0.3 is 29.9 Å². The van der Waals surface area contributed by atoms with Gasteiger partial charge in [-0.25, -0.2) is 0 Å². The van der Waals surface area contributed by atoms with E-state index in [2.05, 4.69) is 13.8 Å².